The van der Waals surface area contributed by atoms with Crippen LogP contribution in [0.5, 0.6) is 0 Å². The molecule has 0 amide bonds. The van der Waals surface area contributed by atoms with E-state index < -0.39 is 16.5 Å². The molecule has 4 rings (SSSR count). The lowest BCUT2D eigenvalue weighted by molar-refractivity contribution is -0.384. The Bertz CT molecular complexity index is 1370. The van der Waals surface area contributed by atoms with Gasteiger partial charge in [0.05, 0.1) is 4.92 Å². The van der Waals surface area contributed by atoms with Crippen molar-refractivity contribution in [2.24, 2.45) is 0 Å². The Morgan fingerprint density at radius 1 is 1.07 bits per heavy atom. The zero-order valence-electron chi connectivity index (χ0n) is 15.6. The molecule has 0 saturated carbocycles. The average Bonchev–Trinajstić information content (AvgIpc) is 2.75. The monoisotopic (exact) mass is 401 g/mol. The number of rotatable bonds is 5. The highest BCUT2D eigenvalue weighted by Crippen LogP contribution is 2.27. The number of ether oxygens (including phenoxy) is 1. The maximum Gasteiger partial charge on any atom is 0.336 e. The lowest BCUT2D eigenvalue weighted by Gasteiger charge is -2.08. The first kappa shape index (κ1) is 19.1. The van der Waals surface area contributed by atoms with Gasteiger partial charge in [-0.05, 0) is 28.5 Å². The molecular formula is C23H15NO6. The van der Waals surface area contributed by atoms with Gasteiger partial charge in [0, 0.05) is 35.2 Å². The predicted octanol–water partition coefficient (Wildman–Crippen LogP) is 4.61. The van der Waals surface area contributed by atoms with Crippen LogP contribution < -0.4 is 5.63 Å². The molecule has 0 aliphatic heterocycles. The number of nitro groups is 1. The van der Waals surface area contributed by atoms with Gasteiger partial charge in [0.15, 0.2) is 0 Å². The third-order valence-corrected chi connectivity index (χ3v) is 4.58. The van der Waals surface area contributed by atoms with Crippen molar-refractivity contribution in [2.75, 3.05) is 0 Å². The van der Waals surface area contributed by atoms with Gasteiger partial charge in [0.25, 0.3) is 5.69 Å². The fraction of sp³-hybridized carbons (Fsp3) is 0.0435. The van der Waals surface area contributed by atoms with Crippen LogP contribution in [0.15, 0.2) is 82.0 Å². The van der Waals surface area contributed by atoms with Gasteiger partial charge in [-0.25, -0.2) is 9.59 Å². The number of nitro benzene ring substituents is 1. The number of non-ortho nitro benzene ring substituents is 1. The molecule has 0 fully saturated rings. The highest BCUT2D eigenvalue weighted by molar-refractivity contribution is 6.07. The minimum atomic E-state index is -0.636. The maximum absolute atomic E-state index is 12.1. The molecule has 0 bridgehead atoms. The molecule has 0 aliphatic rings. The van der Waals surface area contributed by atoms with Crippen LogP contribution in [0.1, 0.15) is 11.1 Å². The van der Waals surface area contributed by atoms with Crippen LogP contribution in [-0.4, -0.2) is 10.9 Å². The average molecular weight is 401 g/mol. The van der Waals surface area contributed by atoms with E-state index in [2.05, 4.69) is 0 Å². The molecule has 7 nitrogen and oxygen atoms in total. The quantitative estimate of drug-likeness (QED) is 0.121. The summed E-state index contributed by atoms with van der Waals surface area (Å²) in [7, 11) is 0. The van der Waals surface area contributed by atoms with Gasteiger partial charge in [-0.15, -0.1) is 0 Å². The molecule has 4 aromatic rings. The normalized spacial score (nSPS) is 11.2. The third kappa shape index (κ3) is 3.95. The number of fused-ring (bicyclic) bond motifs is 3. The van der Waals surface area contributed by atoms with Crippen molar-refractivity contribution < 1.29 is 18.9 Å². The molecular weight excluding hydrogens is 386 g/mol. The Labute approximate surface area is 170 Å². The van der Waals surface area contributed by atoms with Crippen LogP contribution >= 0.6 is 0 Å². The molecule has 3 aromatic carbocycles. The molecule has 7 heteroatoms. The minimum absolute atomic E-state index is 0.0696. The molecule has 0 aliphatic carbocycles. The van der Waals surface area contributed by atoms with E-state index in [0.29, 0.717) is 22.1 Å². The van der Waals surface area contributed by atoms with Crippen molar-refractivity contribution in [3.63, 3.8) is 0 Å². The summed E-state index contributed by atoms with van der Waals surface area (Å²) in [5.74, 6) is -0.636. The van der Waals surface area contributed by atoms with Crippen molar-refractivity contribution in [1.29, 1.82) is 0 Å². The second kappa shape index (κ2) is 8.00. The molecule has 1 aromatic heterocycles. The fourth-order valence-electron chi connectivity index (χ4n) is 3.24. The van der Waals surface area contributed by atoms with Crippen LogP contribution in [0.2, 0.25) is 0 Å². The maximum atomic E-state index is 12.1. The third-order valence-electron chi connectivity index (χ3n) is 4.58. The summed E-state index contributed by atoms with van der Waals surface area (Å²) in [5.41, 5.74) is 0.850. The fourth-order valence-corrected chi connectivity index (χ4v) is 3.24. The first-order chi connectivity index (χ1) is 14.5. The summed E-state index contributed by atoms with van der Waals surface area (Å²) in [6, 6.07) is 18.4. The molecule has 0 atom stereocenters. The first-order valence-corrected chi connectivity index (χ1v) is 9.05. The zero-order valence-corrected chi connectivity index (χ0v) is 15.6. The summed E-state index contributed by atoms with van der Waals surface area (Å²) in [4.78, 5) is 34.4. The molecule has 148 valence electrons. The number of nitrogens with zero attached hydrogens (tertiary/aromatic N) is 1. The second-order valence-corrected chi connectivity index (χ2v) is 6.54. The van der Waals surface area contributed by atoms with Crippen molar-refractivity contribution in [2.45, 2.75) is 6.61 Å². The highest BCUT2D eigenvalue weighted by atomic mass is 16.6. The van der Waals surface area contributed by atoms with E-state index in [9.17, 15) is 19.7 Å². The Morgan fingerprint density at radius 3 is 2.73 bits per heavy atom. The van der Waals surface area contributed by atoms with Gasteiger partial charge >= 0.3 is 11.6 Å². The largest absolute Gasteiger partial charge is 0.458 e. The zero-order chi connectivity index (χ0) is 21.1. The van der Waals surface area contributed by atoms with Crippen molar-refractivity contribution in [1.82, 2.24) is 0 Å². The van der Waals surface area contributed by atoms with E-state index in [1.165, 1.54) is 36.4 Å². The predicted molar refractivity (Wildman–Crippen MR) is 112 cm³/mol. The highest BCUT2D eigenvalue weighted by Gasteiger charge is 2.11. The summed E-state index contributed by atoms with van der Waals surface area (Å²) in [5, 5.41) is 13.4. The number of carbonyl (C=O) groups is 1. The standard InChI is InChI=1S/C23H15NO6/c25-21(11-8-15-4-3-6-18(12-15)24(27)28)29-14-17-13-22(26)30-20-10-9-16-5-1-2-7-19(16)23(17)20/h1-13H,14H2. The van der Waals surface area contributed by atoms with Crippen molar-refractivity contribution in [3.05, 3.63) is 104 Å². The summed E-state index contributed by atoms with van der Waals surface area (Å²) >= 11 is 0. The summed E-state index contributed by atoms with van der Waals surface area (Å²) < 4.78 is 10.6. The lowest BCUT2D eigenvalue weighted by atomic mass is 10.0. The lowest BCUT2D eigenvalue weighted by Crippen LogP contribution is -2.06. The van der Waals surface area contributed by atoms with E-state index in [1.54, 1.807) is 12.1 Å². The van der Waals surface area contributed by atoms with Crippen molar-refractivity contribution >= 4 is 39.5 Å². The van der Waals surface area contributed by atoms with Crippen LogP contribution in [-0.2, 0) is 16.1 Å². The minimum Gasteiger partial charge on any atom is -0.458 e. The molecule has 1 heterocycles. The number of hydrogen-bond donors (Lipinski definition) is 0. The van der Waals surface area contributed by atoms with Crippen LogP contribution in [0.3, 0.4) is 0 Å². The molecule has 0 unspecified atom stereocenters. The SMILES string of the molecule is O=C(C=Cc1cccc([N+](=O)[O-])c1)OCc1cc(=O)oc2ccc3ccccc3c12. The van der Waals surface area contributed by atoms with Crippen LogP contribution in [0.25, 0.3) is 27.8 Å². The smallest absolute Gasteiger partial charge is 0.336 e. The Hall–Kier alpha value is -4.26. The van der Waals surface area contributed by atoms with E-state index in [-0.39, 0.29) is 12.3 Å². The van der Waals surface area contributed by atoms with Crippen LogP contribution in [0.4, 0.5) is 5.69 Å². The molecule has 0 radical (unpaired) electrons. The number of carbonyl (C=O) groups excluding carboxylic acids is 1. The number of hydrogen-bond acceptors (Lipinski definition) is 6. The molecule has 0 N–H and O–H groups in total. The molecule has 30 heavy (non-hydrogen) atoms. The van der Waals surface area contributed by atoms with Crippen LogP contribution in [0, 0.1) is 10.1 Å². The van der Waals surface area contributed by atoms with Gasteiger partial charge in [0.1, 0.15) is 12.2 Å². The van der Waals surface area contributed by atoms with Gasteiger partial charge < -0.3 is 9.15 Å². The van der Waals surface area contributed by atoms with E-state index in [0.717, 1.165) is 10.8 Å². The van der Waals surface area contributed by atoms with Crippen molar-refractivity contribution in [3.8, 4) is 0 Å². The summed E-state index contributed by atoms with van der Waals surface area (Å²) in [6.07, 6.45) is 2.62. The van der Waals surface area contributed by atoms with Gasteiger partial charge in [-0.2, -0.15) is 0 Å². The molecule has 0 saturated heterocycles. The topological polar surface area (TPSA) is 99.6 Å². The van der Waals surface area contributed by atoms with E-state index >= 15 is 0 Å². The number of benzene rings is 3. The Morgan fingerprint density at radius 2 is 1.90 bits per heavy atom. The Kier molecular flexibility index (Phi) is 5.09. The van der Waals surface area contributed by atoms with E-state index in [4.69, 9.17) is 9.15 Å². The first-order valence-electron chi connectivity index (χ1n) is 9.05. The van der Waals surface area contributed by atoms with Gasteiger partial charge in [-0.3, -0.25) is 10.1 Å². The van der Waals surface area contributed by atoms with Gasteiger partial charge in [0.2, 0.25) is 0 Å². The number of esters is 1. The second-order valence-electron chi connectivity index (χ2n) is 6.54. The molecule has 0 spiro atoms. The Balaban J connectivity index is 1.58. The van der Waals surface area contributed by atoms with Gasteiger partial charge in [-0.1, -0.05) is 42.5 Å². The van der Waals surface area contributed by atoms with E-state index in [1.807, 2.05) is 30.3 Å². The summed E-state index contributed by atoms with van der Waals surface area (Å²) in [6.45, 7) is -0.117.